The highest BCUT2D eigenvalue weighted by Gasteiger charge is 2.34. The Morgan fingerprint density at radius 3 is 2.36 bits per heavy atom. The van der Waals surface area contributed by atoms with Crippen LogP contribution in [0.4, 0.5) is 5.69 Å². The second kappa shape index (κ2) is 3.45. The topological polar surface area (TPSA) is 20.3 Å². The first-order chi connectivity index (χ1) is 6.70. The number of nitrogens with zero attached hydrogens (tertiary/aromatic N) is 1. The van der Waals surface area contributed by atoms with Gasteiger partial charge in [0.25, 0.3) is 0 Å². The summed E-state index contributed by atoms with van der Waals surface area (Å²) in [6.07, 6.45) is 0. The van der Waals surface area contributed by atoms with Crippen LogP contribution < -0.4 is 4.90 Å². The Bertz CT molecular complexity index is 333. The van der Waals surface area contributed by atoms with E-state index in [9.17, 15) is 4.79 Å². The van der Waals surface area contributed by atoms with Crippen molar-refractivity contribution >= 4 is 11.6 Å². The maximum absolute atomic E-state index is 11.8. The van der Waals surface area contributed by atoms with E-state index >= 15 is 0 Å². The molecule has 0 N–H and O–H groups in total. The van der Waals surface area contributed by atoms with Crippen LogP contribution in [0.3, 0.4) is 0 Å². The molecule has 1 aromatic rings. The Hall–Kier alpha value is -1.31. The molecule has 0 spiro atoms. The van der Waals surface area contributed by atoms with E-state index in [1.54, 1.807) is 0 Å². The standard InChI is InChI=1S/C12H15NO/c1-9-8-13(12(14)10(9)2)11-6-4-3-5-7-11/h3-7,9-10H,8H2,1-2H3. The number of hydrogen-bond donors (Lipinski definition) is 0. The van der Waals surface area contributed by atoms with Gasteiger partial charge in [0.05, 0.1) is 0 Å². The molecule has 2 rings (SSSR count). The molecule has 1 aliphatic rings. The summed E-state index contributed by atoms with van der Waals surface area (Å²) in [5.74, 6) is 0.876. The molecule has 1 aliphatic heterocycles. The molecule has 0 saturated carbocycles. The minimum atomic E-state index is 0.162. The summed E-state index contributed by atoms with van der Waals surface area (Å²) in [4.78, 5) is 13.7. The molecule has 1 aromatic carbocycles. The highest BCUT2D eigenvalue weighted by Crippen LogP contribution is 2.28. The summed E-state index contributed by atoms with van der Waals surface area (Å²) in [5.41, 5.74) is 1.02. The molecule has 0 radical (unpaired) electrons. The monoisotopic (exact) mass is 189 g/mol. The van der Waals surface area contributed by atoms with Crippen molar-refractivity contribution in [1.29, 1.82) is 0 Å². The Labute approximate surface area is 84.5 Å². The zero-order valence-corrected chi connectivity index (χ0v) is 8.60. The van der Waals surface area contributed by atoms with E-state index in [1.807, 2.05) is 42.2 Å². The Kier molecular flexibility index (Phi) is 2.28. The van der Waals surface area contributed by atoms with Crippen molar-refractivity contribution in [3.63, 3.8) is 0 Å². The fraction of sp³-hybridized carbons (Fsp3) is 0.417. The van der Waals surface area contributed by atoms with E-state index in [0.29, 0.717) is 5.92 Å². The van der Waals surface area contributed by atoms with E-state index in [-0.39, 0.29) is 11.8 Å². The van der Waals surface area contributed by atoms with Crippen molar-refractivity contribution in [1.82, 2.24) is 0 Å². The molecule has 0 bridgehead atoms. The van der Waals surface area contributed by atoms with Gasteiger partial charge in [0, 0.05) is 18.2 Å². The van der Waals surface area contributed by atoms with Crippen LogP contribution in [0.1, 0.15) is 13.8 Å². The predicted molar refractivity (Wildman–Crippen MR) is 57.1 cm³/mol. The number of carbonyl (C=O) groups is 1. The van der Waals surface area contributed by atoms with Gasteiger partial charge in [-0.05, 0) is 18.1 Å². The van der Waals surface area contributed by atoms with Crippen molar-refractivity contribution in [3.05, 3.63) is 30.3 Å². The van der Waals surface area contributed by atoms with Gasteiger partial charge in [0.15, 0.2) is 0 Å². The highest BCUT2D eigenvalue weighted by atomic mass is 16.2. The first-order valence-corrected chi connectivity index (χ1v) is 5.06. The third-order valence-electron chi connectivity index (χ3n) is 3.05. The van der Waals surface area contributed by atoms with E-state index in [2.05, 4.69) is 6.92 Å². The molecule has 1 heterocycles. The molecule has 1 amide bonds. The summed E-state index contributed by atoms with van der Waals surface area (Å²) in [5, 5.41) is 0. The van der Waals surface area contributed by atoms with E-state index in [1.165, 1.54) is 0 Å². The van der Waals surface area contributed by atoms with Gasteiger partial charge < -0.3 is 4.90 Å². The van der Waals surface area contributed by atoms with Crippen LogP contribution >= 0.6 is 0 Å². The molecule has 2 heteroatoms. The number of para-hydroxylation sites is 1. The van der Waals surface area contributed by atoms with Crippen LogP contribution in [0, 0.1) is 11.8 Å². The Balaban J connectivity index is 2.26. The molecule has 2 nitrogen and oxygen atoms in total. The summed E-state index contributed by atoms with van der Waals surface area (Å²) < 4.78 is 0. The van der Waals surface area contributed by atoms with Crippen molar-refractivity contribution in [2.45, 2.75) is 13.8 Å². The fourth-order valence-electron chi connectivity index (χ4n) is 1.87. The average Bonchev–Trinajstić information content (AvgIpc) is 2.47. The number of carbonyl (C=O) groups excluding carboxylic acids is 1. The zero-order valence-electron chi connectivity index (χ0n) is 8.60. The quantitative estimate of drug-likeness (QED) is 0.663. The molecule has 0 aliphatic carbocycles. The molecule has 74 valence electrons. The summed E-state index contributed by atoms with van der Waals surface area (Å²) in [6, 6.07) is 9.88. The van der Waals surface area contributed by atoms with Gasteiger partial charge in [0.1, 0.15) is 0 Å². The number of hydrogen-bond acceptors (Lipinski definition) is 1. The summed E-state index contributed by atoms with van der Waals surface area (Å²) >= 11 is 0. The maximum Gasteiger partial charge on any atom is 0.230 e. The molecule has 0 aromatic heterocycles. The van der Waals surface area contributed by atoms with Crippen molar-refractivity contribution in [3.8, 4) is 0 Å². The molecule has 1 fully saturated rings. The molecular weight excluding hydrogens is 174 g/mol. The maximum atomic E-state index is 11.8. The van der Waals surface area contributed by atoms with Crippen LogP contribution in [0.2, 0.25) is 0 Å². The lowest BCUT2D eigenvalue weighted by molar-refractivity contribution is -0.120. The van der Waals surface area contributed by atoms with Crippen LogP contribution in [-0.4, -0.2) is 12.5 Å². The lowest BCUT2D eigenvalue weighted by Crippen LogP contribution is -2.25. The molecule has 1 saturated heterocycles. The highest BCUT2D eigenvalue weighted by molar-refractivity contribution is 5.97. The van der Waals surface area contributed by atoms with Crippen LogP contribution in [0.15, 0.2) is 30.3 Å². The van der Waals surface area contributed by atoms with Crippen LogP contribution in [0.5, 0.6) is 0 Å². The molecular formula is C12H15NO. The zero-order chi connectivity index (χ0) is 10.1. The number of anilines is 1. The second-order valence-corrected chi connectivity index (χ2v) is 4.05. The van der Waals surface area contributed by atoms with Crippen molar-refractivity contribution in [2.24, 2.45) is 11.8 Å². The van der Waals surface area contributed by atoms with Gasteiger partial charge in [-0.3, -0.25) is 4.79 Å². The van der Waals surface area contributed by atoms with E-state index < -0.39 is 0 Å². The Morgan fingerprint density at radius 1 is 1.21 bits per heavy atom. The number of benzene rings is 1. The minimum Gasteiger partial charge on any atom is -0.312 e. The van der Waals surface area contributed by atoms with Gasteiger partial charge >= 0.3 is 0 Å². The smallest absolute Gasteiger partial charge is 0.230 e. The first-order valence-electron chi connectivity index (χ1n) is 5.06. The van der Waals surface area contributed by atoms with Gasteiger partial charge in [0.2, 0.25) is 5.91 Å². The normalized spacial score (nSPS) is 27.0. The van der Waals surface area contributed by atoms with E-state index in [4.69, 9.17) is 0 Å². The van der Waals surface area contributed by atoms with Crippen LogP contribution in [-0.2, 0) is 4.79 Å². The van der Waals surface area contributed by atoms with Gasteiger partial charge in [-0.1, -0.05) is 32.0 Å². The van der Waals surface area contributed by atoms with Gasteiger partial charge in [-0.15, -0.1) is 0 Å². The molecule has 2 atom stereocenters. The lowest BCUT2D eigenvalue weighted by atomic mass is 10.0. The fourth-order valence-corrected chi connectivity index (χ4v) is 1.87. The predicted octanol–water partition coefficient (Wildman–Crippen LogP) is 2.31. The largest absolute Gasteiger partial charge is 0.312 e. The van der Waals surface area contributed by atoms with Gasteiger partial charge in [-0.2, -0.15) is 0 Å². The number of amides is 1. The third kappa shape index (κ3) is 1.41. The molecule has 2 unspecified atom stereocenters. The SMILES string of the molecule is CC1CN(c2ccccc2)C(=O)C1C. The summed E-state index contributed by atoms with van der Waals surface area (Å²) in [6.45, 7) is 4.99. The third-order valence-corrected chi connectivity index (χ3v) is 3.05. The van der Waals surface area contributed by atoms with Crippen molar-refractivity contribution in [2.75, 3.05) is 11.4 Å². The second-order valence-electron chi connectivity index (χ2n) is 4.05. The van der Waals surface area contributed by atoms with Crippen molar-refractivity contribution < 1.29 is 4.79 Å². The lowest BCUT2D eigenvalue weighted by Gasteiger charge is -2.15. The average molecular weight is 189 g/mol. The molecule has 14 heavy (non-hydrogen) atoms. The first kappa shape index (κ1) is 9.25. The number of rotatable bonds is 1. The van der Waals surface area contributed by atoms with Crippen LogP contribution in [0.25, 0.3) is 0 Å². The minimum absolute atomic E-state index is 0.162. The Morgan fingerprint density at radius 2 is 1.86 bits per heavy atom. The van der Waals surface area contributed by atoms with Gasteiger partial charge in [-0.25, -0.2) is 0 Å². The van der Waals surface area contributed by atoms with E-state index in [0.717, 1.165) is 12.2 Å². The summed E-state index contributed by atoms with van der Waals surface area (Å²) in [7, 11) is 0.